The summed E-state index contributed by atoms with van der Waals surface area (Å²) in [5.41, 5.74) is 1.23. The molecule has 1 atom stereocenters. The summed E-state index contributed by atoms with van der Waals surface area (Å²) in [7, 11) is 0. The lowest BCUT2D eigenvalue weighted by molar-refractivity contribution is -0.130. The summed E-state index contributed by atoms with van der Waals surface area (Å²) in [5, 5.41) is 1.51. The Labute approximate surface area is 132 Å². The molecule has 1 N–H and O–H groups in total. The fourth-order valence-corrected chi connectivity index (χ4v) is 2.14. The maximum absolute atomic E-state index is 12.0. The van der Waals surface area contributed by atoms with Gasteiger partial charge in [-0.3, -0.25) is 9.59 Å². The molecule has 0 saturated carbocycles. The number of ketones is 1. The molecule has 0 bridgehead atoms. The second-order valence-electron chi connectivity index (χ2n) is 7.29. The third kappa shape index (κ3) is 4.85. The highest BCUT2D eigenvalue weighted by Gasteiger charge is 2.33. The standard InChI is InChI=1S/C17H24ClNO2/c1-16(2,3)11-7-9-12(10-8-11)19-15(21)13(18)14(20)17(4,5)6/h7-10,13H,1-6H3,(H,19,21). The maximum atomic E-state index is 12.0. The molecular weight excluding hydrogens is 286 g/mol. The van der Waals surface area contributed by atoms with Crippen LogP contribution in [0.5, 0.6) is 0 Å². The van der Waals surface area contributed by atoms with E-state index in [1.165, 1.54) is 5.56 Å². The molecule has 3 nitrogen and oxygen atoms in total. The number of Topliss-reactive ketones (excluding diaryl/α,β-unsaturated/α-hetero) is 1. The third-order valence-corrected chi connectivity index (χ3v) is 3.61. The number of anilines is 1. The molecular formula is C17H24ClNO2. The monoisotopic (exact) mass is 309 g/mol. The number of hydrogen-bond donors (Lipinski definition) is 1. The summed E-state index contributed by atoms with van der Waals surface area (Å²) in [6.07, 6.45) is 0. The minimum atomic E-state index is -1.17. The number of amides is 1. The van der Waals surface area contributed by atoms with E-state index in [9.17, 15) is 9.59 Å². The molecule has 1 unspecified atom stereocenters. The van der Waals surface area contributed by atoms with Crippen LogP contribution < -0.4 is 5.32 Å². The van der Waals surface area contributed by atoms with Crippen molar-refractivity contribution in [2.24, 2.45) is 5.41 Å². The van der Waals surface area contributed by atoms with Crippen molar-refractivity contribution in [2.75, 3.05) is 5.32 Å². The summed E-state index contributed by atoms with van der Waals surface area (Å²) in [4.78, 5) is 24.0. The van der Waals surface area contributed by atoms with E-state index in [0.29, 0.717) is 5.69 Å². The fourth-order valence-electron chi connectivity index (χ4n) is 1.76. The second kappa shape index (κ2) is 6.18. The summed E-state index contributed by atoms with van der Waals surface area (Å²) in [6, 6.07) is 7.57. The average Bonchev–Trinajstić information content (AvgIpc) is 2.35. The van der Waals surface area contributed by atoms with Crippen LogP contribution >= 0.6 is 11.6 Å². The number of benzene rings is 1. The van der Waals surface area contributed by atoms with Crippen LogP contribution in [0, 0.1) is 5.41 Å². The van der Waals surface area contributed by atoms with Crippen molar-refractivity contribution in [2.45, 2.75) is 52.3 Å². The van der Waals surface area contributed by atoms with Crippen LogP contribution in [0.3, 0.4) is 0 Å². The minimum Gasteiger partial charge on any atom is -0.324 e. The Morgan fingerprint density at radius 1 is 1.00 bits per heavy atom. The Morgan fingerprint density at radius 3 is 1.86 bits per heavy atom. The van der Waals surface area contributed by atoms with Crippen molar-refractivity contribution < 1.29 is 9.59 Å². The lowest BCUT2D eigenvalue weighted by Gasteiger charge is -2.21. The van der Waals surface area contributed by atoms with Gasteiger partial charge in [0.05, 0.1) is 0 Å². The quantitative estimate of drug-likeness (QED) is 0.673. The highest BCUT2D eigenvalue weighted by atomic mass is 35.5. The van der Waals surface area contributed by atoms with Crippen LogP contribution in [0.15, 0.2) is 24.3 Å². The first-order chi connectivity index (χ1) is 9.43. The lowest BCUT2D eigenvalue weighted by Crippen LogP contribution is -2.37. The first-order valence-corrected chi connectivity index (χ1v) is 7.46. The van der Waals surface area contributed by atoms with Crippen molar-refractivity contribution >= 4 is 29.0 Å². The van der Waals surface area contributed by atoms with E-state index in [1.54, 1.807) is 20.8 Å². The third-order valence-electron chi connectivity index (χ3n) is 3.22. The van der Waals surface area contributed by atoms with Crippen molar-refractivity contribution in [3.8, 4) is 0 Å². The Balaban J connectivity index is 2.78. The van der Waals surface area contributed by atoms with Crippen LogP contribution in [-0.4, -0.2) is 17.1 Å². The van der Waals surface area contributed by atoms with Gasteiger partial charge in [-0.2, -0.15) is 0 Å². The van der Waals surface area contributed by atoms with Gasteiger partial charge < -0.3 is 5.32 Å². The van der Waals surface area contributed by atoms with Gasteiger partial charge in [-0.15, -0.1) is 11.6 Å². The van der Waals surface area contributed by atoms with Gasteiger partial charge in [0, 0.05) is 11.1 Å². The van der Waals surface area contributed by atoms with Gasteiger partial charge in [-0.25, -0.2) is 0 Å². The van der Waals surface area contributed by atoms with Crippen LogP contribution in [0.25, 0.3) is 0 Å². The van der Waals surface area contributed by atoms with Gasteiger partial charge in [0.1, 0.15) is 0 Å². The molecule has 4 heteroatoms. The predicted molar refractivity (Wildman–Crippen MR) is 87.9 cm³/mol. The van der Waals surface area contributed by atoms with Crippen molar-refractivity contribution in [1.29, 1.82) is 0 Å². The van der Waals surface area contributed by atoms with Crippen LogP contribution in [0.4, 0.5) is 5.69 Å². The number of rotatable bonds is 3. The molecule has 116 valence electrons. The van der Waals surface area contributed by atoms with E-state index < -0.39 is 16.7 Å². The molecule has 0 saturated heterocycles. The van der Waals surface area contributed by atoms with E-state index in [2.05, 4.69) is 26.1 Å². The van der Waals surface area contributed by atoms with E-state index in [-0.39, 0.29) is 11.2 Å². The molecule has 0 aliphatic rings. The first-order valence-electron chi connectivity index (χ1n) is 7.03. The smallest absolute Gasteiger partial charge is 0.250 e. The molecule has 1 aromatic rings. The van der Waals surface area contributed by atoms with Crippen molar-refractivity contribution in [1.82, 2.24) is 0 Å². The molecule has 1 rings (SSSR count). The normalized spacial score (nSPS) is 13.7. The number of hydrogen-bond acceptors (Lipinski definition) is 2. The highest BCUT2D eigenvalue weighted by molar-refractivity contribution is 6.43. The van der Waals surface area contributed by atoms with Gasteiger partial charge in [-0.1, -0.05) is 53.7 Å². The minimum absolute atomic E-state index is 0.0553. The Kier molecular flexibility index (Phi) is 5.21. The number of nitrogens with one attached hydrogen (secondary N) is 1. The number of carbonyl (C=O) groups excluding carboxylic acids is 2. The zero-order valence-corrected chi connectivity index (χ0v) is 14.3. The summed E-state index contributed by atoms with van der Waals surface area (Å²) >= 11 is 5.96. The van der Waals surface area contributed by atoms with E-state index >= 15 is 0 Å². The maximum Gasteiger partial charge on any atom is 0.250 e. The molecule has 1 aromatic carbocycles. The van der Waals surface area contributed by atoms with Crippen LogP contribution in [0.2, 0.25) is 0 Å². The van der Waals surface area contributed by atoms with Gasteiger partial charge in [0.25, 0.3) is 0 Å². The second-order valence-corrected chi connectivity index (χ2v) is 7.73. The van der Waals surface area contributed by atoms with Crippen molar-refractivity contribution in [3.63, 3.8) is 0 Å². The molecule has 0 aromatic heterocycles. The zero-order chi connectivity index (χ0) is 16.4. The molecule has 0 spiro atoms. The van der Waals surface area contributed by atoms with E-state index in [4.69, 9.17) is 11.6 Å². The molecule has 0 aliphatic carbocycles. The zero-order valence-electron chi connectivity index (χ0n) is 13.6. The van der Waals surface area contributed by atoms with Gasteiger partial charge in [0.2, 0.25) is 5.91 Å². The number of halogens is 1. The first kappa shape index (κ1) is 17.7. The van der Waals surface area contributed by atoms with Crippen molar-refractivity contribution in [3.05, 3.63) is 29.8 Å². The summed E-state index contributed by atoms with van der Waals surface area (Å²) < 4.78 is 0. The van der Waals surface area contributed by atoms with E-state index in [0.717, 1.165) is 0 Å². The Morgan fingerprint density at radius 2 is 1.48 bits per heavy atom. The fraction of sp³-hybridized carbons (Fsp3) is 0.529. The molecule has 0 aliphatic heterocycles. The lowest BCUT2D eigenvalue weighted by atomic mass is 9.87. The summed E-state index contributed by atoms with van der Waals surface area (Å²) in [6.45, 7) is 11.6. The van der Waals surface area contributed by atoms with Crippen LogP contribution in [0.1, 0.15) is 47.1 Å². The molecule has 0 fully saturated rings. The largest absolute Gasteiger partial charge is 0.324 e. The predicted octanol–water partition coefficient (Wildman–Crippen LogP) is 4.15. The van der Waals surface area contributed by atoms with Gasteiger partial charge >= 0.3 is 0 Å². The topological polar surface area (TPSA) is 46.2 Å². The molecule has 21 heavy (non-hydrogen) atoms. The Hall–Kier alpha value is -1.35. The Bertz CT molecular complexity index is 521. The van der Waals surface area contributed by atoms with E-state index in [1.807, 2.05) is 24.3 Å². The average molecular weight is 310 g/mol. The molecule has 0 radical (unpaired) electrons. The molecule has 1 amide bonds. The van der Waals surface area contributed by atoms with Gasteiger partial charge in [0.15, 0.2) is 11.2 Å². The number of alkyl halides is 1. The SMILES string of the molecule is CC(C)(C)C(=O)C(Cl)C(=O)Nc1ccc(C(C)(C)C)cc1. The highest BCUT2D eigenvalue weighted by Crippen LogP contribution is 2.24. The van der Waals surface area contributed by atoms with Crippen LogP contribution in [-0.2, 0) is 15.0 Å². The summed E-state index contributed by atoms with van der Waals surface area (Å²) in [5.74, 6) is -0.770. The molecule has 0 heterocycles. The van der Waals surface area contributed by atoms with Gasteiger partial charge in [-0.05, 0) is 23.1 Å². The number of carbonyl (C=O) groups is 2.